The van der Waals surface area contributed by atoms with Gasteiger partial charge in [-0.1, -0.05) is 101 Å². The van der Waals surface area contributed by atoms with E-state index in [1.165, 1.54) is 6.07 Å². The van der Waals surface area contributed by atoms with Gasteiger partial charge in [0.1, 0.15) is 0 Å². The standard InChI is InChI=1S/C34H61F3O3Si/c1-23(2)17-29(18-24(3)4)38-41(39-30(19-25(5)6)20-26(7)8,40-31(21-27(9)10)22-28(11)12)33-16-14-13-15-32(33)34(35,36)37/h13-16,23-31H,17-22H2,1-12H3. The third kappa shape index (κ3) is 14.4. The van der Waals surface area contributed by atoms with Gasteiger partial charge >= 0.3 is 15.0 Å². The third-order valence-electron chi connectivity index (χ3n) is 6.93. The Kier molecular flexibility index (Phi) is 16.2. The van der Waals surface area contributed by atoms with E-state index >= 15 is 0 Å². The molecular weight excluding hydrogens is 541 g/mol. The second-order valence-corrected chi connectivity index (χ2v) is 17.0. The third-order valence-corrected chi connectivity index (χ3v) is 9.96. The first kappa shape index (κ1) is 38.1. The predicted octanol–water partition coefficient (Wildman–Crippen LogP) is 10.3. The molecule has 1 aromatic rings. The Labute approximate surface area is 251 Å². The molecule has 0 aromatic heterocycles. The molecule has 7 heteroatoms. The summed E-state index contributed by atoms with van der Waals surface area (Å²) in [6, 6.07) is 5.83. The van der Waals surface area contributed by atoms with E-state index in [0.29, 0.717) is 35.5 Å². The first-order valence-electron chi connectivity index (χ1n) is 16.0. The molecule has 41 heavy (non-hydrogen) atoms. The summed E-state index contributed by atoms with van der Waals surface area (Å²) in [5.74, 6) is 1.88. The van der Waals surface area contributed by atoms with Gasteiger partial charge in [0, 0.05) is 5.19 Å². The van der Waals surface area contributed by atoms with Crippen LogP contribution in [0.4, 0.5) is 13.2 Å². The van der Waals surface area contributed by atoms with Crippen LogP contribution in [0, 0.1) is 35.5 Å². The van der Waals surface area contributed by atoms with E-state index in [4.69, 9.17) is 13.3 Å². The molecule has 0 heterocycles. The maximum atomic E-state index is 14.7. The molecule has 1 rings (SSSR count). The van der Waals surface area contributed by atoms with Crippen LogP contribution in [-0.2, 0) is 19.5 Å². The van der Waals surface area contributed by atoms with E-state index in [-0.39, 0.29) is 23.5 Å². The molecule has 0 unspecified atom stereocenters. The van der Waals surface area contributed by atoms with Crippen molar-refractivity contribution in [1.29, 1.82) is 0 Å². The van der Waals surface area contributed by atoms with Crippen LogP contribution in [0.5, 0.6) is 0 Å². The Morgan fingerprint density at radius 1 is 0.512 bits per heavy atom. The predicted molar refractivity (Wildman–Crippen MR) is 168 cm³/mol. The Bertz CT molecular complexity index is 757. The van der Waals surface area contributed by atoms with E-state index < -0.39 is 20.5 Å². The molecule has 0 N–H and O–H groups in total. The lowest BCUT2D eigenvalue weighted by atomic mass is 9.98. The van der Waals surface area contributed by atoms with Crippen LogP contribution in [-0.4, -0.2) is 27.1 Å². The summed E-state index contributed by atoms with van der Waals surface area (Å²) in [5, 5.41) is 0.0556. The Balaban J connectivity index is 4.03. The Morgan fingerprint density at radius 3 is 1.02 bits per heavy atom. The quantitative estimate of drug-likeness (QED) is 0.147. The van der Waals surface area contributed by atoms with Gasteiger partial charge in [0.25, 0.3) is 0 Å². The summed E-state index contributed by atoms with van der Waals surface area (Å²) >= 11 is 0. The van der Waals surface area contributed by atoms with E-state index in [1.807, 2.05) is 0 Å². The molecule has 0 radical (unpaired) electrons. The van der Waals surface area contributed by atoms with Crippen LogP contribution in [0.3, 0.4) is 0 Å². The lowest BCUT2D eigenvalue weighted by molar-refractivity contribution is -0.137. The van der Waals surface area contributed by atoms with Gasteiger partial charge in [0.15, 0.2) is 0 Å². The van der Waals surface area contributed by atoms with Crippen molar-refractivity contribution in [3.8, 4) is 0 Å². The summed E-state index contributed by atoms with van der Waals surface area (Å²) in [4.78, 5) is 0. The van der Waals surface area contributed by atoms with Crippen molar-refractivity contribution in [2.75, 3.05) is 0 Å². The van der Waals surface area contributed by atoms with Crippen molar-refractivity contribution < 1.29 is 26.4 Å². The fourth-order valence-electron chi connectivity index (χ4n) is 5.66. The lowest BCUT2D eigenvalue weighted by Crippen LogP contribution is -2.63. The first-order valence-corrected chi connectivity index (χ1v) is 17.8. The zero-order valence-corrected chi connectivity index (χ0v) is 29.1. The smallest absolute Gasteiger partial charge is 0.367 e. The van der Waals surface area contributed by atoms with Crippen molar-refractivity contribution in [3.63, 3.8) is 0 Å². The molecule has 0 bridgehead atoms. The van der Waals surface area contributed by atoms with Crippen LogP contribution >= 0.6 is 0 Å². The molecular formula is C34H61F3O3Si. The van der Waals surface area contributed by atoms with Crippen LogP contribution in [0.15, 0.2) is 24.3 Å². The van der Waals surface area contributed by atoms with Crippen LogP contribution in [0.2, 0.25) is 0 Å². The summed E-state index contributed by atoms with van der Waals surface area (Å²) in [5.41, 5.74) is -0.708. The van der Waals surface area contributed by atoms with Crippen molar-refractivity contribution in [3.05, 3.63) is 29.8 Å². The normalized spacial score (nSPS) is 13.7. The van der Waals surface area contributed by atoms with E-state index in [0.717, 1.165) is 44.6 Å². The second kappa shape index (κ2) is 17.4. The summed E-state index contributed by atoms with van der Waals surface area (Å²) in [7, 11) is -4.14. The van der Waals surface area contributed by atoms with Gasteiger partial charge in [-0.15, -0.1) is 0 Å². The van der Waals surface area contributed by atoms with Gasteiger partial charge in [-0.2, -0.15) is 13.2 Å². The second-order valence-electron chi connectivity index (χ2n) is 14.6. The molecule has 240 valence electrons. The van der Waals surface area contributed by atoms with E-state index in [9.17, 15) is 13.2 Å². The number of alkyl halides is 3. The number of rotatable bonds is 19. The van der Waals surface area contributed by atoms with Gasteiger partial charge in [0.05, 0.1) is 23.9 Å². The number of halogens is 3. The SMILES string of the molecule is CC(C)CC(CC(C)C)O[Si](OC(CC(C)C)CC(C)C)(OC(CC(C)C)CC(C)C)c1ccccc1C(F)(F)F. The minimum absolute atomic E-state index is 0.0556. The molecule has 0 saturated heterocycles. The highest BCUT2D eigenvalue weighted by atomic mass is 28.4. The molecule has 0 spiro atoms. The molecule has 0 saturated carbocycles. The highest BCUT2D eigenvalue weighted by Gasteiger charge is 2.54. The van der Waals surface area contributed by atoms with Crippen LogP contribution < -0.4 is 5.19 Å². The maximum absolute atomic E-state index is 14.7. The molecule has 0 aliphatic carbocycles. The minimum atomic E-state index is -4.56. The van der Waals surface area contributed by atoms with Crippen LogP contribution in [0.25, 0.3) is 0 Å². The maximum Gasteiger partial charge on any atom is 0.538 e. The van der Waals surface area contributed by atoms with Gasteiger partial charge in [0.2, 0.25) is 0 Å². The lowest BCUT2D eigenvalue weighted by Gasteiger charge is -2.41. The first-order chi connectivity index (χ1) is 18.8. The van der Waals surface area contributed by atoms with Crippen LogP contribution in [0.1, 0.15) is 127 Å². The van der Waals surface area contributed by atoms with Crippen molar-refractivity contribution >= 4 is 14.0 Å². The minimum Gasteiger partial charge on any atom is -0.367 e. The fraction of sp³-hybridized carbons (Fsp3) is 0.824. The molecule has 3 nitrogen and oxygen atoms in total. The molecule has 0 aliphatic rings. The number of benzene rings is 1. The van der Waals surface area contributed by atoms with E-state index in [1.54, 1.807) is 12.1 Å². The monoisotopic (exact) mass is 602 g/mol. The topological polar surface area (TPSA) is 27.7 Å². The largest absolute Gasteiger partial charge is 0.538 e. The van der Waals surface area contributed by atoms with Gasteiger partial charge in [-0.05, 0) is 80.1 Å². The zero-order chi connectivity index (χ0) is 31.5. The summed E-state index contributed by atoms with van der Waals surface area (Å²) < 4.78 is 65.3. The van der Waals surface area contributed by atoms with Gasteiger partial charge < -0.3 is 13.3 Å². The molecule has 0 aliphatic heterocycles. The molecule has 0 amide bonds. The highest BCUT2D eigenvalue weighted by molar-refractivity contribution is 6.76. The summed E-state index contributed by atoms with van der Waals surface area (Å²) in [6.45, 7) is 25.6. The molecule has 0 fully saturated rings. The highest BCUT2D eigenvalue weighted by Crippen LogP contribution is 2.35. The molecule has 0 atom stereocenters. The Morgan fingerprint density at radius 2 is 0.780 bits per heavy atom. The fourth-order valence-corrected chi connectivity index (χ4v) is 8.96. The van der Waals surface area contributed by atoms with Gasteiger partial charge in [-0.25, -0.2) is 0 Å². The summed E-state index contributed by atoms with van der Waals surface area (Å²) in [6.07, 6.45) is -1.03. The van der Waals surface area contributed by atoms with Crippen molar-refractivity contribution in [2.45, 2.75) is 146 Å². The number of hydrogen-bond acceptors (Lipinski definition) is 3. The molecule has 1 aromatic carbocycles. The van der Waals surface area contributed by atoms with Crippen molar-refractivity contribution in [2.24, 2.45) is 35.5 Å². The number of hydrogen-bond donors (Lipinski definition) is 0. The Hall–Kier alpha value is -0.893. The van der Waals surface area contributed by atoms with Gasteiger partial charge in [-0.3, -0.25) is 0 Å². The van der Waals surface area contributed by atoms with Crippen molar-refractivity contribution in [1.82, 2.24) is 0 Å². The average Bonchev–Trinajstić information content (AvgIpc) is 2.75. The zero-order valence-electron chi connectivity index (χ0n) is 28.1. The van der Waals surface area contributed by atoms with E-state index in [2.05, 4.69) is 83.1 Å². The average molecular weight is 603 g/mol.